The maximum atomic E-state index is 12.3. The molecule has 0 radical (unpaired) electrons. The fraction of sp³-hybridized carbons (Fsp3) is 0.263. The number of benzene rings is 2. The number of methoxy groups -OCH3 is 2. The van der Waals surface area contributed by atoms with E-state index in [4.69, 9.17) is 9.47 Å². The van der Waals surface area contributed by atoms with Crippen molar-refractivity contribution in [3.63, 3.8) is 0 Å². The third-order valence-corrected chi connectivity index (χ3v) is 3.59. The summed E-state index contributed by atoms with van der Waals surface area (Å²) in [7, 11) is 3.00. The molecule has 2 rings (SSSR count). The molecule has 2 aromatic rings. The smallest absolute Gasteiger partial charge is 0.224 e. The van der Waals surface area contributed by atoms with Gasteiger partial charge in [0.1, 0.15) is 11.5 Å². The van der Waals surface area contributed by atoms with E-state index in [2.05, 4.69) is 10.6 Å². The fourth-order valence-corrected chi connectivity index (χ4v) is 2.40. The summed E-state index contributed by atoms with van der Waals surface area (Å²) in [6, 6.07) is 13.0. The van der Waals surface area contributed by atoms with Crippen LogP contribution >= 0.6 is 0 Å². The lowest BCUT2D eigenvalue weighted by Gasteiger charge is -2.15. The second kappa shape index (κ2) is 8.73. The first kappa shape index (κ1) is 18.3. The molecule has 25 heavy (non-hydrogen) atoms. The van der Waals surface area contributed by atoms with Gasteiger partial charge in [-0.3, -0.25) is 9.59 Å². The molecule has 2 amide bonds. The minimum absolute atomic E-state index is 0.138. The molecular formula is C19H22N2O4. The van der Waals surface area contributed by atoms with Crippen LogP contribution in [0.4, 0.5) is 11.4 Å². The molecule has 2 aromatic carbocycles. The molecule has 0 aliphatic rings. The molecule has 0 saturated carbocycles. The molecule has 0 spiro atoms. The van der Waals surface area contributed by atoms with E-state index in [1.165, 1.54) is 21.1 Å². The molecule has 0 heterocycles. The number of nitrogens with one attached hydrogen (secondary N) is 2. The molecule has 6 nitrogen and oxygen atoms in total. The largest absolute Gasteiger partial charge is 0.494 e. The highest BCUT2D eigenvalue weighted by Crippen LogP contribution is 2.36. The van der Waals surface area contributed by atoms with Gasteiger partial charge in [-0.1, -0.05) is 30.3 Å². The first-order valence-electron chi connectivity index (χ1n) is 7.91. The third kappa shape index (κ3) is 5.24. The Labute approximate surface area is 147 Å². The molecule has 0 bridgehead atoms. The Balaban J connectivity index is 2.13. The van der Waals surface area contributed by atoms with E-state index in [0.717, 1.165) is 5.56 Å². The van der Waals surface area contributed by atoms with Gasteiger partial charge in [-0.15, -0.1) is 0 Å². The molecule has 6 heteroatoms. The lowest BCUT2D eigenvalue weighted by molar-refractivity contribution is -0.116. The van der Waals surface area contributed by atoms with Crippen molar-refractivity contribution in [1.82, 2.24) is 0 Å². The van der Waals surface area contributed by atoms with E-state index >= 15 is 0 Å². The summed E-state index contributed by atoms with van der Waals surface area (Å²) in [5.41, 5.74) is 2.04. The number of hydrogen-bond acceptors (Lipinski definition) is 4. The average Bonchev–Trinajstić information content (AvgIpc) is 2.60. The zero-order valence-corrected chi connectivity index (χ0v) is 14.6. The summed E-state index contributed by atoms with van der Waals surface area (Å²) in [6.45, 7) is 1.40. The van der Waals surface area contributed by atoms with E-state index in [9.17, 15) is 9.59 Å². The van der Waals surface area contributed by atoms with Crippen LogP contribution in [0.5, 0.6) is 11.5 Å². The molecule has 132 valence electrons. The van der Waals surface area contributed by atoms with Crippen molar-refractivity contribution >= 4 is 23.2 Å². The second-order valence-corrected chi connectivity index (χ2v) is 5.47. The second-order valence-electron chi connectivity index (χ2n) is 5.47. The van der Waals surface area contributed by atoms with Crippen LogP contribution in [0.1, 0.15) is 18.9 Å². The molecule has 2 N–H and O–H groups in total. The van der Waals surface area contributed by atoms with Crippen LogP contribution in [0, 0.1) is 0 Å². The van der Waals surface area contributed by atoms with Gasteiger partial charge in [-0.2, -0.15) is 0 Å². The Morgan fingerprint density at radius 2 is 1.52 bits per heavy atom. The van der Waals surface area contributed by atoms with Crippen LogP contribution < -0.4 is 20.1 Å². The van der Waals surface area contributed by atoms with Crippen molar-refractivity contribution in [2.24, 2.45) is 0 Å². The number of anilines is 2. The predicted octanol–water partition coefficient (Wildman–Crippen LogP) is 3.23. The molecule has 0 aliphatic carbocycles. The first-order chi connectivity index (χ1) is 12.0. The molecule has 0 aromatic heterocycles. The summed E-state index contributed by atoms with van der Waals surface area (Å²) in [6.07, 6.45) is 0.984. The Bertz CT molecular complexity index is 745. The highest BCUT2D eigenvalue weighted by Gasteiger charge is 2.14. The van der Waals surface area contributed by atoms with E-state index in [-0.39, 0.29) is 11.8 Å². The number of carbonyl (C=O) groups excluding carboxylic acids is 2. The number of carbonyl (C=O) groups is 2. The first-order valence-corrected chi connectivity index (χ1v) is 7.91. The van der Waals surface area contributed by atoms with Gasteiger partial charge in [0.15, 0.2) is 0 Å². The topological polar surface area (TPSA) is 76.7 Å². The number of hydrogen-bond donors (Lipinski definition) is 2. The molecule has 0 fully saturated rings. The van der Waals surface area contributed by atoms with Gasteiger partial charge in [0.2, 0.25) is 11.8 Å². The molecular weight excluding hydrogens is 320 g/mol. The van der Waals surface area contributed by atoms with Crippen LogP contribution in [0.2, 0.25) is 0 Å². The van der Waals surface area contributed by atoms with Crippen LogP contribution in [0.3, 0.4) is 0 Å². The number of ether oxygens (including phenoxy) is 2. The van der Waals surface area contributed by atoms with Crippen LogP contribution in [-0.4, -0.2) is 26.0 Å². The fourth-order valence-electron chi connectivity index (χ4n) is 2.40. The lowest BCUT2D eigenvalue weighted by atomic mass is 10.1. The van der Waals surface area contributed by atoms with E-state index in [1.807, 2.05) is 30.3 Å². The Morgan fingerprint density at radius 3 is 2.08 bits per heavy atom. The van der Waals surface area contributed by atoms with Crippen molar-refractivity contribution in [2.75, 3.05) is 24.9 Å². The molecule has 0 unspecified atom stereocenters. The van der Waals surface area contributed by atoms with Gasteiger partial charge in [-0.05, 0) is 18.1 Å². The maximum Gasteiger partial charge on any atom is 0.224 e. The quantitative estimate of drug-likeness (QED) is 0.810. The standard InChI is InChI=1S/C19H22N2O4/c1-13(22)20-15-11-16(18(25-3)12-17(15)24-2)21-19(23)10-9-14-7-5-4-6-8-14/h4-8,11-12H,9-10H2,1-3H3,(H,20,22)(H,21,23). The Hall–Kier alpha value is -3.02. The highest BCUT2D eigenvalue weighted by atomic mass is 16.5. The van der Waals surface area contributed by atoms with Gasteiger partial charge in [0.25, 0.3) is 0 Å². The van der Waals surface area contributed by atoms with Crippen molar-refractivity contribution in [2.45, 2.75) is 19.8 Å². The summed E-state index contributed by atoms with van der Waals surface area (Å²) in [5.74, 6) is 0.541. The number of rotatable bonds is 7. The highest BCUT2D eigenvalue weighted by molar-refractivity contribution is 5.96. The van der Waals surface area contributed by atoms with Crippen molar-refractivity contribution in [3.05, 3.63) is 48.0 Å². The van der Waals surface area contributed by atoms with Crippen molar-refractivity contribution < 1.29 is 19.1 Å². The van der Waals surface area contributed by atoms with E-state index < -0.39 is 0 Å². The average molecular weight is 342 g/mol. The maximum absolute atomic E-state index is 12.3. The van der Waals surface area contributed by atoms with Gasteiger partial charge in [0, 0.05) is 19.4 Å². The minimum Gasteiger partial charge on any atom is -0.494 e. The summed E-state index contributed by atoms with van der Waals surface area (Å²) in [4.78, 5) is 23.6. The third-order valence-electron chi connectivity index (χ3n) is 3.59. The molecule has 0 saturated heterocycles. The summed E-state index contributed by atoms with van der Waals surface area (Å²) >= 11 is 0. The van der Waals surface area contributed by atoms with Crippen LogP contribution in [0.25, 0.3) is 0 Å². The summed E-state index contributed by atoms with van der Waals surface area (Å²) < 4.78 is 10.6. The van der Waals surface area contributed by atoms with Crippen molar-refractivity contribution in [3.8, 4) is 11.5 Å². The zero-order valence-electron chi connectivity index (χ0n) is 14.6. The van der Waals surface area contributed by atoms with Gasteiger partial charge < -0.3 is 20.1 Å². The SMILES string of the molecule is COc1cc(OC)c(NC(=O)CCc2ccccc2)cc1NC(C)=O. The lowest BCUT2D eigenvalue weighted by Crippen LogP contribution is -2.14. The minimum atomic E-state index is -0.232. The summed E-state index contributed by atoms with van der Waals surface area (Å²) in [5, 5.41) is 5.50. The van der Waals surface area contributed by atoms with Crippen LogP contribution in [0.15, 0.2) is 42.5 Å². The number of aryl methyl sites for hydroxylation is 1. The monoisotopic (exact) mass is 342 g/mol. The Morgan fingerprint density at radius 1 is 0.920 bits per heavy atom. The predicted molar refractivity (Wildman–Crippen MR) is 97.2 cm³/mol. The Kier molecular flexibility index (Phi) is 6.39. The van der Waals surface area contributed by atoms with Gasteiger partial charge in [-0.25, -0.2) is 0 Å². The van der Waals surface area contributed by atoms with E-state index in [1.54, 1.807) is 12.1 Å². The normalized spacial score (nSPS) is 10.0. The van der Waals surface area contributed by atoms with Crippen molar-refractivity contribution in [1.29, 1.82) is 0 Å². The molecule has 0 atom stereocenters. The van der Waals surface area contributed by atoms with Gasteiger partial charge in [0.05, 0.1) is 25.6 Å². The van der Waals surface area contributed by atoms with Crippen LogP contribution in [-0.2, 0) is 16.0 Å². The number of amides is 2. The zero-order chi connectivity index (χ0) is 18.2. The molecule has 0 aliphatic heterocycles. The van der Waals surface area contributed by atoms with E-state index in [0.29, 0.717) is 35.7 Å². The van der Waals surface area contributed by atoms with Gasteiger partial charge >= 0.3 is 0 Å².